The van der Waals surface area contributed by atoms with Gasteiger partial charge in [0.1, 0.15) is 11.6 Å². The highest BCUT2D eigenvalue weighted by atomic mass is 19.4. The van der Waals surface area contributed by atoms with Gasteiger partial charge in [0.15, 0.2) is 5.69 Å². The maximum atomic E-state index is 12.4. The molecule has 0 N–H and O–H groups in total. The fourth-order valence-electron chi connectivity index (χ4n) is 5.29. The molecule has 5 heterocycles. The number of likely N-dealkylation sites (tertiary alicyclic amines) is 1. The molecule has 3 aromatic heterocycles. The molecule has 198 valence electrons. The van der Waals surface area contributed by atoms with Gasteiger partial charge in [-0.05, 0) is 80.9 Å². The molecule has 9 nitrogen and oxygen atoms in total. The first-order valence-corrected chi connectivity index (χ1v) is 12.4. The standard InChI is InChI=1S/C26H26F3N7O2/c1-16-11-21(25-31-24(33-38-25)18-3-5-20(6-4-18)37-26(27,28)29)32-36(16)13-17-7-9-30-23(12-17)35-14-19-8-10-34(2)22(19)15-35/h3-7,9,11-12,19,22H,8,10,13-15H2,1-2H3. The molecule has 2 unspecified atom stereocenters. The normalized spacial score (nSPS) is 19.8. The molecule has 12 heteroatoms. The number of halogens is 3. The zero-order chi connectivity index (χ0) is 26.4. The molecule has 2 atom stereocenters. The Labute approximate surface area is 216 Å². The summed E-state index contributed by atoms with van der Waals surface area (Å²) in [5, 5.41) is 8.61. The van der Waals surface area contributed by atoms with Gasteiger partial charge >= 0.3 is 6.36 Å². The van der Waals surface area contributed by atoms with Crippen molar-refractivity contribution >= 4 is 5.82 Å². The van der Waals surface area contributed by atoms with Crippen LogP contribution < -0.4 is 9.64 Å². The third-order valence-corrected chi connectivity index (χ3v) is 7.26. The van der Waals surface area contributed by atoms with Gasteiger partial charge < -0.3 is 19.1 Å². The number of pyridine rings is 1. The number of rotatable bonds is 6. The molecule has 0 bridgehead atoms. The number of aryl methyl sites for hydroxylation is 1. The first-order chi connectivity index (χ1) is 18.2. The van der Waals surface area contributed by atoms with Crippen molar-refractivity contribution in [3.63, 3.8) is 0 Å². The number of fused-ring (bicyclic) bond motifs is 1. The van der Waals surface area contributed by atoms with E-state index in [4.69, 9.17) is 4.52 Å². The average molecular weight is 526 g/mol. The summed E-state index contributed by atoms with van der Waals surface area (Å²) in [6, 6.07) is 11.8. The summed E-state index contributed by atoms with van der Waals surface area (Å²) >= 11 is 0. The Hall–Kier alpha value is -3.93. The monoisotopic (exact) mass is 525 g/mol. The summed E-state index contributed by atoms with van der Waals surface area (Å²) in [4.78, 5) is 13.8. The Morgan fingerprint density at radius 3 is 2.68 bits per heavy atom. The van der Waals surface area contributed by atoms with E-state index in [0.29, 0.717) is 29.8 Å². The lowest BCUT2D eigenvalue weighted by molar-refractivity contribution is -0.274. The van der Waals surface area contributed by atoms with E-state index in [1.165, 1.54) is 37.2 Å². The second kappa shape index (κ2) is 9.43. The molecule has 6 rings (SSSR count). The zero-order valence-electron chi connectivity index (χ0n) is 20.9. The van der Waals surface area contributed by atoms with Gasteiger partial charge in [-0.15, -0.1) is 13.2 Å². The predicted octanol–water partition coefficient (Wildman–Crippen LogP) is 4.39. The minimum Gasteiger partial charge on any atom is -0.406 e. The summed E-state index contributed by atoms with van der Waals surface area (Å²) in [5.41, 5.74) is 3.02. The molecular formula is C26H26F3N7O2. The quantitative estimate of drug-likeness (QED) is 0.367. The maximum absolute atomic E-state index is 12.4. The second-order valence-corrected chi connectivity index (χ2v) is 9.85. The van der Waals surface area contributed by atoms with Gasteiger partial charge in [0, 0.05) is 36.6 Å². The van der Waals surface area contributed by atoms with Crippen molar-refractivity contribution in [2.24, 2.45) is 5.92 Å². The van der Waals surface area contributed by atoms with Crippen LogP contribution in [0.15, 0.2) is 53.2 Å². The minimum atomic E-state index is -4.75. The highest BCUT2D eigenvalue weighted by Gasteiger charge is 2.40. The molecule has 2 saturated heterocycles. The van der Waals surface area contributed by atoms with E-state index in [2.05, 4.69) is 47.9 Å². The number of hydrogen-bond acceptors (Lipinski definition) is 8. The van der Waals surface area contributed by atoms with Gasteiger partial charge in [0.25, 0.3) is 5.89 Å². The summed E-state index contributed by atoms with van der Waals surface area (Å²) < 4.78 is 48.4. The Morgan fingerprint density at radius 2 is 1.92 bits per heavy atom. The van der Waals surface area contributed by atoms with Crippen LogP contribution in [0.1, 0.15) is 17.7 Å². The van der Waals surface area contributed by atoms with Gasteiger partial charge in [0.05, 0.1) is 6.54 Å². The Morgan fingerprint density at radius 1 is 1.11 bits per heavy atom. The molecule has 0 radical (unpaired) electrons. The third-order valence-electron chi connectivity index (χ3n) is 7.26. The van der Waals surface area contributed by atoms with Crippen LogP contribution in [0.2, 0.25) is 0 Å². The van der Waals surface area contributed by atoms with Crippen LogP contribution in [0.4, 0.5) is 19.0 Å². The van der Waals surface area contributed by atoms with Gasteiger partial charge in [-0.1, -0.05) is 5.16 Å². The Balaban J connectivity index is 1.15. The van der Waals surface area contributed by atoms with E-state index < -0.39 is 6.36 Å². The fourth-order valence-corrected chi connectivity index (χ4v) is 5.29. The van der Waals surface area contributed by atoms with E-state index in [9.17, 15) is 13.2 Å². The molecule has 2 fully saturated rings. The molecule has 38 heavy (non-hydrogen) atoms. The van der Waals surface area contributed by atoms with Gasteiger partial charge in [-0.2, -0.15) is 10.1 Å². The number of benzene rings is 1. The van der Waals surface area contributed by atoms with Crippen LogP contribution in [0.5, 0.6) is 5.75 Å². The van der Waals surface area contributed by atoms with Crippen molar-refractivity contribution in [3.8, 4) is 28.7 Å². The topological polar surface area (TPSA) is 85.3 Å². The van der Waals surface area contributed by atoms with Gasteiger partial charge in [-0.25, -0.2) is 4.98 Å². The molecule has 0 amide bonds. The number of hydrogen-bond donors (Lipinski definition) is 0. The number of alkyl halides is 3. The van der Waals surface area contributed by atoms with Gasteiger partial charge in [-0.3, -0.25) is 4.68 Å². The Kier molecular flexibility index (Phi) is 6.05. The molecule has 0 spiro atoms. The average Bonchev–Trinajstić information content (AvgIpc) is 3.65. The van der Waals surface area contributed by atoms with Crippen molar-refractivity contribution in [1.82, 2.24) is 29.8 Å². The van der Waals surface area contributed by atoms with Crippen LogP contribution >= 0.6 is 0 Å². The summed E-state index contributed by atoms with van der Waals surface area (Å²) in [7, 11) is 2.20. The molecule has 0 saturated carbocycles. The zero-order valence-corrected chi connectivity index (χ0v) is 20.9. The SMILES string of the molecule is Cc1cc(-c2nc(-c3ccc(OC(F)(F)F)cc3)no2)nn1Cc1ccnc(N2CC3CCN(C)C3C2)c1. The fraction of sp³-hybridized carbons (Fsp3) is 0.385. The number of aromatic nitrogens is 5. The third kappa shape index (κ3) is 4.95. The number of likely N-dealkylation sites (N-methyl/N-ethyl adjacent to an activating group) is 1. The summed E-state index contributed by atoms with van der Waals surface area (Å²) in [6.45, 7) is 5.72. The van der Waals surface area contributed by atoms with Gasteiger partial charge in [0.2, 0.25) is 5.82 Å². The van der Waals surface area contributed by atoms with Crippen LogP contribution in [0, 0.1) is 12.8 Å². The molecule has 0 aliphatic carbocycles. The Bertz CT molecular complexity index is 1430. The molecule has 2 aliphatic rings. The largest absolute Gasteiger partial charge is 0.573 e. The number of anilines is 1. The predicted molar refractivity (Wildman–Crippen MR) is 132 cm³/mol. The lowest BCUT2D eigenvalue weighted by Crippen LogP contribution is -2.32. The second-order valence-electron chi connectivity index (χ2n) is 9.85. The van der Waals surface area contributed by atoms with Crippen molar-refractivity contribution < 1.29 is 22.4 Å². The van der Waals surface area contributed by atoms with Crippen molar-refractivity contribution in [3.05, 3.63) is 59.9 Å². The van der Waals surface area contributed by atoms with Crippen LogP contribution in [0.3, 0.4) is 0 Å². The highest BCUT2D eigenvalue weighted by molar-refractivity contribution is 5.59. The van der Waals surface area contributed by atoms with E-state index >= 15 is 0 Å². The molecule has 2 aliphatic heterocycles. The minimum absolute atomic E-state index is 0.223. The lowest BCUT2D eigenvalue weighted by Gasteiger charge is -2.21. The molecule has 4 aromatic rings. The van der Waals surface area contributed by atoms with E-state index in [1.54, 1.807) is 0 Å². The molecule has 1 aromatic carbocycles. The number of nitrogens with zero attached hydrogens (tertiary/aromatic N) is 7. The lowest BCUT2D eigenvalue weighted by atomic mass is 10.1. The van der Waals surface area contributed by atoms with Crippen molar-refractivity contribution in [1.29, 1.82) is 0 Å². The van der Waals surface area contributed by atoms with E-state index in [0.717, 1.165) is 30.2 Å². The molecular weight excluding hydrogens is 499 g/mol. The maximum Gasteiger partial charge on any atom is 0.573 e. The summed E-state index contributed by atoms with van der Waals surface area (Å²) in [6.07, 6.45) is -1.67. The van der Waals surface area contributed by atoms with E-state index in [1.807, 2.05) is 29.9 Å². The number of ether oxygens (including phenoxy) is 1. The van der Waals surface area contributed by atoms with Crippen LogP contribution in [-0.4, -0.2) is 68.9 Å². The van der Waals surface area contributed by atoms with Crippen molar-refractivity contribution in [2.75, 3.05) is 31.6 Å². The first kappa shape index (κ1) is 24.4. The smallest absolute Gasteiger partial charge is 0.406 e. The highest BCUT2D eigenvalue weighted by Crippen LogP contribution is 2.33. The van der Waals surface area contributed by atoms with Crippen LogP contribution in [-0.2, 0) is 6.54 Å². The van der Waals surface area contributed by atoms with Crippen molar-refractivity contribution in [2.45, 2.75) is 32.3 Å². The first-order valence-electron chi connectivity index (χ1n) is 12.4. The van der Waals surface area contributed by atoms with E-state index in [-0.39, 0.29) is 17.5 Å². The van der Waals surface area contributed by atoms with Crippen LogP contribution in [0.25, 0.3) is 23.0 Å². The summed E-state index contributed by atoms with van der Waals surface area (Å²) in [5.74, 6) is 1.83.